The van der Waals surface area contributed by atoms with E-state index in [9.17, 15) is 10.2 Å². The highest BCUT2D eigenvalue weighted by Crippen LogP contribution is 2.43. The Balaban J connectivity index is 1.68. The molecule has 3 heterocycles. The molecule has 1 aliphatic carbocycles. The summed E-state index contributed by atoms with van der Waals surface area (Å²) >= 11 is 9.47. The molecule has 4 atom stereocenters. The van der Waals surface area contributed by atoms with Crippen LogP contribution in [-0.2, 0) is 0 Å². The van der Waals surface area contributed by atoms with Crippen molar-refractivity contribution in [3.05, 3.63) is 22.1 Å². The van der Waals surface area contributed by atoms with Crippen LogP contribution in [0.2, 0.25) is 5.28 Å². The second-order valence-electron chi connectivity index (χ2n) is 6.80. The number of piperidine rings is 1. The van der Waals surface area contributed by atoms with Crippen molar-refractivity contribution in [3.8, 4) is 0 Å². The molecule has 130 valence electrons. The van der Waals surface area contributed by atoms with Crippen molar-refractivity contribution in [3.63, 3.8) is 0 Å². The summed E-state index contributed by atoms with van der Waals surface area (Å²) in [6, 6.07) is -0.209. The SMILES string of the molecule is O[C@@H]1[C@H](O)[C@@H](C2CCNCC2)C[C@H]1n1cc(Br)c2cnc(Cl)nc21. The third-order valence-electron chi connectivity index (χ3n) is 5.54. The quantitative estimate of drug-likeness (QED) is 0.655. The predicted molar refractivity (Wildman–Crippen MR) is 95.0 cm³/mol. The van der Waals surface area contributed by atoms with Gasteiger partial charge in [0, 0.05) is 16.9 Å². The minimum absolute atomic E-state index is 0.112. The van der Waals surface area contributed by atoms with Crippen LogP contribution in [0.5, 0.6) is 0 Å². The van der Waals surface area contributed by atoms with Crippen molar-refractivity contribution in [2.24, 2.45) is 11.8 Å². The van der Waals surface area contributed by atoms with E-state index in [0.29, 0.717) is 11.6 Å². The molecule has 4 rings (SSSR count). The van der Waals surface area contributed by atoms with Gasteiger partial charge in [-0.1, -0.05) is 0 Å². The molecule has 2 fully saturated rings. The number of aromatic nitrogens is 3. The zero-order valence-electron chi connectivity index (χ0n) is 13.1. The van der Waals surface area contributed by atoms with Crippen LogP contribution in [0.4, 0.5) is 0 Å². The molecule has 1 saturated carbocycles. The van der Waals surface area contributed by atoms with Crippen LogP contribution in [0.3, 0.4) is 0 Å². The lowest BCUT2D eigenvalue weighted by atomic mass is 9.82. The Hall–Kier alpha value is -0.730. The molecule has 1 aliphatic heterocycles. The van der Waals surface area contributed by atoms with Crippen molar-refractivity contribution in [2.75, 3.05) is 13.1 Å². The molecule has 0 unspecified atom stereocenters. The second kappa shape index (κ2) is 6.53. The van der Waals surface area contributed by atoms with E-state index in [1.54, 1.807) is 6.20 Å². The summed E-state index contributed by atoms with van der Waals surface area (Å²) in [7, 11) is 0. The van der Waals surface area contributed by atoms with Gasteiger partial charge in [0.05, 0.1) is 17.5 Å². The van der Waals surface area contributed by atoms with E-state index in [1.165, 1.54) is 0 Å². The molecule has 1 saturated heterocycles. The highest BCUT2D eigenvalue weighted by Gasteiger charge is 2.46. The lowest BCUT2D eigenvalue weighted by molar-refractivity contribution is -0.00768. The minimum atomic E-state index is -0.805. The van der Waals surface area contributed by atoms with E-state index in [2.05, 4.69) is 31.2 Å². The standard InChI is InChI=1S/C16H20BrClN4O2/c17-11-7-22(15-10(11)6-20-16(18)21-15)12-5-9(13(23)14(12)24)8-1-3-19-4-2-8/h6-9,12-14,19,23-24H,1-5H2/t9-,12-,13-,14+/m1/s1. The number of rotatable bonds is 2. The van der Waals surface area contributed by atoms with Crippen molar-refractivity contribution < 1.29 is 10.2 Å². The first kappa shape index (κ1) is 16.7. The molecule has 0 amide bonds. The van der Waals surface area contributed by atoms with Gasteiger partial charge in [-0.25, -0.2) is 4.98 Å². The Labute approximate surface area is 153 Å². The first-order valence-electron chi connectivity index (χ1n) is 8.31. The fraction of sp³-hybridized carbons (Fsp3) is 0.625. The maximum absolute atomic E-state index is 10.7. The summed E-state index contributed by atoms with van der Waals surface area (Å²) in [5.74, 6) is 0.560. The van der Waals surface area contributed by atoms with Gasteiger partial charge in [0.25, 0.3) is 0 Å². The van der Waals surface area contributed by atoms with Gasteiger partial charge in [-0.15, -0.1) is 0 Å². The number of halogens is 2. The monoisotopic (exact) mass is 414 g/mol. The van der Waals surface area contributed by atoms with Gasteiger partial charge < -0.3 is 20.1 Å². The summed E-state index contributed by atoms with van der Waals surface area (Å²) in [5.41, 5.74) is 0.684. The molecule has 8 heteroatoms. The van der Waals surface area contributed by atoms with E-state index in [1.807, 2.05) is 10.8 Å². The summed E-state index contributed by atoms with van der Waals surface area (Å²) in [6.45, 7) is 1.96. The smallest absolute Gasteiger partial charge is 0.224 e. The number of nitrogens with one attached hydrogen (secondary N) is 1. The third-order valence-corrected chi connectivity index (χ3v) is 6.35. The van der Waals surface area contributed by atoms with Crippen molar-refractivity contribution in [2.45, 2.75) is 37.5 Å². The summed E-state index contributed by atoms with van der Waals surface area (Å²) in [4.78, 5) is 8.35. The van der Waals surface area contributed by atoms with Gasteiger partial charge in [0.2, 0.25) is 5.28 Å². The first-order chi connectivity index (χ1) is 11.6. The molecule has 2 aromatic rings. The highest BCUT2D eigenvalue weighted by atomic mass is 79.9. The van der Waals surface area contributed by atoms with Crippen molar-refractivity contribution in [1.29, 1.82) is 0 Å². The fourth-order valence-corrected chi connectivity index (χ4v) is 4.91. The average Bonchev–Trinajstić information content (AvgIpc) is 3.06. The molecule has 0 aromatic carbocycles. The molecule has 2 aromatic heterocycles. The van der Waals surface area contributed by atoms with E-state index < -0.39 is 12.2 Å². The maximum Gasteiger partial charge on any atom is 0.224 e. The van der Waals surface area contributed by atoms with Crippen molar-refractivity contribution in [1.82, 2.24) is 19.9 Å². The van der Waals surface area contributed by atoms with Gasteiger partial charge in [-0.05, 0) is 71.7 Å². The van der Waals surface area contributed by atoms with E-state index in [4.69, 9.17) is 11.6 Å². The third kappa shape index (κ3) is 2.76. The van der Waals surface area contributed by atoms with Gasteiger partial charge in [-0.2, -0.15) is 4.98 Å². The van der Waals surface area contributed by atoms with Crippen LogP contribution in [0.25, 0.3) is 11.0 Å². The van der Waals surface area contributed by atoms with Crippen LogP contribution in [0, 0.1) is 11.8 Å². The Morgan fingerprint density at radius 3 is 2.75 bits per heavy atom. The van der Waals surface area contributed by atoms with Gasteiger partial charge >= 0.3 is 0 Å². The van der Waals surface area contributed by atoms with E-state index in [-0.39, 0.29) is 17.2 Å². The zero-order valence-corrected chi connectivity index (χ0v) is 15.4. The minimum Gasteiger partial charge on any atom is -0.390 e. The van der Waals surface area contributed by atoms with Crippen LogP contribution in [0.1, 0.15) is 25.3 Å². The Morgan fingerprint density at radius 2 is 2.00 bits per heavy atom. The molecule has 0 bridgehead atoms. The summed E-state index contributed by atoms with van der Waals surface area (Å²) in [5, 5.41) is 25.7. The highest BCUT2D eigenvalue weighted by molar-refractivity contribution is 9.10. The molecule has 0 spiro atoms. The molecule has 24 heavy (non-hydrogen) atoms. The van der Waals surface area contributed by atoms with Gasteiger partial charge in [0.15, 0.2) is 0 Å². The zero-order chi connectivity index (χ0) is 16.8. The largest absolute Gasteiger partial charge is 0.390 e. The summed E-state index contributed by atoms with van der Waals surface area (Å²) < 4.78 is 2.79. The topological polar surface area (TPSA) is 83.2 Å². The van der Waals surface area contributed by atoms with Crippen molar-refractivity contribution >= 4 is 38.6 Å². The summed E-state index contributed by atoms with van der Waals surface area (Å²) in [6.07, 6.45) is 4.91. The molecular weight excluding hydrogens is 396 g/mol. The van der Waals surface area contributed by atoms with Crippen LogP contribution in [-0.4, -0.2) is 50.0 Å². The van der Waals surface area contributed by atoms with E-state index >= 15 is 0 Å². The van der Waals surface area contributed by atoms with Crippen LogP contribution >= 0.6 is 27.5 Å². The van der Waals surface area contributed by atoms with Crippen LogP contribution in [0.15, 0.2) is 16.9 Å². The average molecular weight is 416 g/mol. The lowest BCUT2D eigenvalue weighted by Gasteiger charge is -2.30. The molecule has 2 aliphatic rings. The number of fused-ring (bicyclic) bond motifs is 1. The molecular formula is C16H20BrClN4O2. The number of aliphatic hydroxyl groups is 2. The number of nitrogens with zero attached hydrogens (tertiary/aromatic N) is 3. The normalized spacial score (nSPS) is 31.8. The van der Waals surface area contributed by atoms with Gasteiger partial charge in [0.1, 0.15) is 11.8 Å². The maximum atomic E-state index is 10.7. The fourth-order valence-electron chi connectivity index (χ4n) is 4.28. The lowest BCUT2D eigenvalue weighted by Crippen LogP contribution is -2.37. The second-order valence-corrected chi connectivity index (χ2v) is 7.99. The number of hydrogen-bond acceptors (Lipinski definition) is 5. The van der Waals surface area contributed by atoms with Crippen LogP contribution < -0.4 is 5.32 Å². The number of aliphatic hydroxyl groups excluding tert-OH is 2. The predicted octanol–water partition coefficient (Wildman–Crippen LogP) is 2.13. The van der Waals surface area contributed by atoms with Gasteiger partial charge in [-0.3, -0.25) is 0 Å². The molecule has 0 radical (unpaired) electrons. The van der Waals surface area contributed by atoms with E-state index in [0.717, 1.165) is 42.2 Å². The Kier molecular flexibility index (Phi) is 4.55. The Morgan fingerprint density at radius 1 is 1.25 bits per heavy atom. The number of hydrogen-bond donors (Lipinski definition) is 3. The Bertz CT molecular complexity index is 749. The molecule has 6 nitrogen and oxygen atoms in total. The molecule has 3 N–H and O–H groups in total. The first-order valence-corrected chi connectivity index (χ1v) is 9.49.